The van der Waals surface area contributed by atoms with E-state index in [1.807, 2.05) is 0 Å². The van der Waals surface area contributed by atoms with Gasteiger partial charge in [0.2, 0.25) is 0 Å². The molecule has 0 amide bonds. The number of fused-ring (bicyclic) bond motifs is 1. The second-order valence-electron chi connectivity index (χ2n) is 4.97. The zero-order valence-corrected chi connectivity index (χ0v) is 11.2. The van der Waals surface area contributed by atoms with Gasteiger partial charge in [0.25, 0.3) is 5.56 Å². The van der Waals surface area contributed by atoms with Crippen molar-refractivity contribution in [2.24, 2.45) is 7.05 Å². The van der Waals surface area contributed by atoms with Gasteiger partial charge in [-0.25, -0.2) is 4.39 Å². The molecule has 0 aliphatic rings. The molecule has 6 heteroatoms. The summed E-state index contributed by atoms with van der Waals surface area (Å²) >= 11 is 0. The van der Waals surface area contributed by atoms with Gasteiger partial charge in [0.05, 0.1) is 11.1 Å². The van der Waals surface area contributed by atoms with Crippen molar-refractivity contribution in [3.05, 3.63) is 45.5 Å². The lowest BCUT2D eigenvalue weighted by Gasteiger charge is -2.19. The molecule has 0 saturated heterocycles. The van der Waals surface area contributed by atoms with Crippen molar-refractivity contribution in [3.63, 3.8) is 0 Å². The minimum Gasteiger partial charge on any atom is -0.311 e. The first kappa shape index (κ1) is 14.6. The van der Waals surface area contributed by atoms with Gasteiger partial charge < -0.3 is 4.57 Å². The predicted octanol–water partition coefficient (Wildman–Crippen LogP) is 3.82. The third kappa shape index (κ3) is 2.19. The monoisotopic (exact) mass is 287 g/mol. The summed E-state index contributed by atoms with van der Waals surface area (Å²) in [6, 6.07) is 3.05. The summed E-state index contributed by atoms with van der Waals surface area (Å²) in [5.41, 5.74) is -2.01. The summed E-state index contributed by atoms with van der Waals surface area (Å²) in [4.78, 5) is 12.1. The van der Waals surface area contributed by atoms with Crippen molar-refractivity contribution in [2.75, 3.05) is 0 Å². The maximum absolute atomic E-state index is 13.3. The summed E-state index contributed by atoms with van der Waals surface area (Å²) in [5.74, 6) is -1.38. The average Bonchev–Trinajstić information content (AvgIpc) is 2.31. The molecule has 0 fully saturated rings. The lowest BCUT2D eigenvalue weighted by atomic mass is 9.94. The van der Waals surface area contributed by atoms with Gasteiger partial charge in [-0.05, 0) is 24.1 Å². The minimum atomic E-state index is -4.71. The van der Waals surface area contributed by atoms with Crippen molar-refractivity contribution < 1.29 is 17.6 Å². The van der Waals surface area contributed by atoms with Crippen LogP contribution in [-0.4, -0.2) is 4.57 Å². The number of aryl methyl sites for hydroxylation is 1. The molecule has 1 aromatic carbocycles. The molecule has 0 unspecified atom stereocenters. The minimum absolute atomic E-state index is 0.0631. The smallest absolute Gasteiger partial charge is 0.311 e. The van der Waals surface area contributed by atoms with E-state index in [0.717, 1.165) is 16.7 Å². The van der Waals surface area contributed by atoms with E-state index in [0.29, 0.717) is 0 Å². The van der Waals surface area contributed by atoms with Crippen LogP contribution in [0.2, 0.25) is 0 Å². The molecule has 0 spiro atoms. The largest absolute Gasteiger partial charge is 0.417 e. The van der Waals surface area contributed by atoms with E-state index in [-0.39, 0.29) is 16.5 Å². The quantitative estimate of drug-likeness (QED) is 0.731. The summed E-state index contributed by atoms with van der Waals surface area (Å²) in [6.45, 7) is 3.02. The molecule has 0 saturated carbocycles. The van der Waals surface area contributed by atoms with Crippen LogP contribution in [0.5, 0.6) is 0 Å². The normalized spacial score (nSPS) is 12.4. The fourth-order valence-corrected chi connectivity index (χ4v) is 2.38. The number of nitrogens with zero attached hydrogens (tertiary/aromatic N) is 1. The van der Waals surface area contributed by atoms with Crippen LogP contribution in [0.15, 0.2) is 23.0 Å². The zero-order valence-electron chi connectivity index (χ0n) is 11.2. The molecule has 0 N–H and O–H groups in total. The molecule has 0 aliphatic carbocycles. The molecule has 0 atom stereocenters. The zero-order chi connectivity index (χ0) is 15.2. The number of aromatic nitrogens is 1. The van der Waals surface area contributed by atoms with Crippen LogP contribution in [0.25, 0.3) is 10.9 Å². The topological polar surface area (TPSA) is 22.0 Å². The van der Waals surface area contributed by atoms with Crippen molar-refractivity contribution in [3.8, 4) is 0 Å². The van der Waals surface area contributed by atoms with Crippen LogP contribution in [0, 0.1) is 5.82 Å². The van der Waals surface area contributed by atoms with E-state index in [2.05, 4.69) is 0 Å². The molecule has 2 nitrogen and oxygen atoms in total. The number of hydrogen-bond acceptors (Lipinski definition) is 1. The highest BCUT2D eigenvalue weighted by atomic mass is 19.4. The summed E-state index contributed by atoms with van der Waals surface area (Å²) in [5, 5.41) is -0.289. The second-order valence-corrected chi connectivity index (χ2v) is 4.97. The van der Waals surface area contributed by atoms with Gasteiger partial charge in [-0.2, -0.15) is 13.2 Å². The molecule has 2 rings (SSSR count). The maximum Gasteiger partial charge on any atom is 0.417 e. The number of alkyl halides is 3. The Hall–Kier alpha value is -1.85. The van der Waals surface area contributed by atoms with E-state index in [1.165, 1.54) is 27.0 Å². The highest BCUT2D eigenvalue weighted by Gasteiger charge is 2.38. The fourth-order valence-electron chi connectivity index (χ4n) is 2.38. The van der Waals surface area contributed by atoms with Gasteiger partial charge >= 0.3 is 6.18 Å². The third-order valence-corrected chi connectivity index (χ3v) is 3.25. The van der Waals surface area contributed by atoms with Crippen molar-refractivity contribution in [1.82, 2.24) is 4.57 Å². The van der Waals surface area contributed by atoms with Gasteiger partial charge in [-0.1, -0.05) is 13.8 Å². The molecule has 1 heterocycles. The Kier molecular flexibility index (Phi) is 3.36. The number of pyridine rings is 1. The molecule has 0 aliphatic heterocycles. The van der Waals surface area contributed by atoms with Gasteiger partial charge in [-0.15, -0.1) is 0 Å². The SMILES string of the molecule is CC(C)c1c(C(F)(F)F)c2cc(F)ccc2n(C)c1=O. The summed E-state index contributed by atoms with van der Waals surface area (Å²) in [6.07, 6.45) is -4.71. The highest BCUT2D eigenvalue weighted by molar-refractivity contribution is 5.84. The maximum atomic E-state index is 13.3. The van der Waals surface area contributed by atoms with Crippen LogP contribution < -0.4 is 5.56 Å². The molecule has 108 valence electrons. The van der Waals surface area contributed by atoms with Crippen molar-refractivity contribution in [2.45, 2.75) is 25.9 Å². The Bertz CT molecular complexity index is 729. The molecular weight excluding hydrogens is 274 g/mol. The van der Waals surface area contributed by atoms with Crippen LogP contribution in [-0.2, 0) is 13.2 Å². The molecule has 2 aromatic rings. The van der Waals surface area contributed by atoms with Crippen molar-refractivity contribution >= 4 is 10.9 Å². The lowest BCUT2D eigenvalue weighted by Crippen LogP contribution is -2.28. The van der Waals surface area contributed by atoms with Gasteiger partial charge in [0.1, 0.15) is 5.82 Å². The molecule has 0 bridgehead atoms. The number of halogens is 4. The molecule has 20 heavy (non-hydrogen) atoms. The summed E-state index contributed by atoms with van der Waals surface area (Å²) in [7, 11) is 1.38. The Morgan fingerprint density at radius 2 is 1.80 bits per heavy atom. The van der Waals surface area contributed by atoms with E-state index in [1.54, 1.807) is 0 Å². The van der Waals surface area contributed by atoms with Crippen LogP contribution in [0.4, 0.5) is 17.6 Å². The number of hydrogen-bond donors (Lipinski definition) is 0. The average molecular weight is 287 g/mol. The number of rotatable bonds is 1. The van der Waals surface area contributed by atoms with E-state index in [4.69, 9.17) is 0 Å². The van der Waals surface area contributed by atoms with E-state index < -0.39 is 29.0 Å². The van der Waals surface area contributed by atoms with Crippen molar-refractivity contribution in [1.29, 1.82) is 0 Å². The standard InChI is InChI=1S/C14H13F4NO/c1-7(2)11-12(14(16,17)18)9-6-8(15)4-5-10(9)19(3)13(11)20/h4-7H,1-3H3. The van der Waals surface area contributed by atoms with Gasteiger partial charge in [0.15, 0.2) is 0 Å². The lowest BCUT2D eigenvalue weighted by molar-refractivity contribution is -0.137. The third-order valence-electron chi connectivity index (χ3n) is 3.25. The number of benzene rings is 1. The van der Waals surface area contributed by atoms with Gasteiger partial charge in [0, 0.05) is 18.0 Å². The Balaban J connectivity index is 3.11. The van der Waals surface area contributed by atoms with Crippen LogP contribution in [0.1, 0.15) is 30.9 Å². The van der Waals surface area contributed by atoms with Gasteiger partial charge in [-0.3, -0.25) is 4.79 Å². The van der Waals surface area contributed by atoms with Crippen LogP contribution >= 0.6 is 0 Å². The summed E-state index contributed by atoms with van der Waals surface area (Å²) < 4.78 is 54.4. The Morgan fingerprint density at radius 1 is 1.20 bits per heavy atom. The first-order valence-corrected chi connectivity index (χ1v) is 6.04. The van der Waals surface area contributed by atoms with Crippen LogP contribution in [0.3, 0.4) is 0 Å². The Morgan fingerprint density at radius 3 is 2.30 bits per heavy atom. The Labute approximate surface area is 112 Å². The second kappa shape index (κ2) is 4.61. The predicted molar refractivity (Wildman–Crippen MR) is 68.2 cm³/mol. The fraction of sp³-hybridized carbons (Fsp3) is 0.357. The first-order chi connectivity index (χ1) is 9.14. The molecular formula is C14H13F4NO. The van der Waals surface area contributed by atoms with E-state index >= 15 is 0 Å². The molecule has 0 radical (unpaired) electrons. The highest BCUT2D eigenvalue weighted by Crippen LogP contribution is 2.38. The van der Waals surface area contributed by atoms with E-state index in [9.17, 15) is 22.4 Å². The first-order valence-electron chi connectivity index (χ1n) is 6.04. The molecule has 1 aromatic heterocycles.